The van der Waals surface area contributed by atoms with Gasteiger partial charge in [0, 0.05) is 0 Å². The summed E-state index contributed by atoms with van der Waals surface area (Å²) in [5.74, 6) is 0.819. The highest BCUT2D eigenvalue weighted by atomic mass is 16.6. The van der Waals surface area contributed by atoms with Gasteiger partial charge >= 0.3 is 0 Å². The largest absolute Gasteiger partial charge is 0.488 e. The van der Waals surface area contributed by atoms with Crippen molar-refractivity contribution in [3.05, 3.63) is 11.5 Å². The van der Waals surface area contributed by atoms with E-state index >= 15 is 0 Å². The van der Waals surface area contributed by atoms with E-state index in [1.165, 1.54) is 0 Å². The number of aliphatic hydroxyl groups excluding tert-OH is 2. The maximum absolute atomic E-state index is 9.10. The van der Waals surface area contributed by atoms with E-state index in [0.29, 0.717) is 11.5 Å². The van der Waals surface area contributed by atoms with Crippen molar-refractivity contribution in [3.8, 4) is 0 Å². The molecule has 0 spiro atoms. The zero-order valence-corrected chi connectivity index (χ0v) is 5.28. The Bertz CT molecular complexity index is 166. The second kappa shape index (κ2) is 1.87. The molecule has 2 N–H and O–H groups in total. The lowest BCUT2D eigenvalue weighted by atomic mass is 10.3. The molecule has 0 aromatic heterocycles. The molecule has 2 aliphatic heterocycles. The lowest BCUT2D eigenvalue weighted by Gasteiger charge is -2.06. The Hall–Kier alpha value is -0.740. The van der Waals surface area contributed by atoms with Crippen LogP contribution in [0.15, 0.2) is 11.5 Å². The van der Waals surface area contributed by atoms with Gasteiger partial charge in [0.25, 0.3) is 0 Å². The highest BCUT2D eigenvalue weighted by Crippen LogP contribution is 2.29. The lowest BCUT2D eigenvalue weighted by molar-refractivity contribution is 0.0339. The molecule has 0 bridgehead atoms. The van der Waals surface area contributed by atoms with Gasteiger partial charge in [0.1, 0.15) is 25.4 Å². The Kier molecular flexibility index (Phi) is 1.12. The number of rotatable bonds is 0. The molecule has 0 amide bonds. The number of ether oxygens (including phenoxy) is 2. The van der Waals surface area contributed by atoms with Crippen LogP contribution in [0.4, 0.5) is 0 Å². The van der Waals surface area contributed by atoms with Crippen LogP contribution in [0.3, 0.4) is 0 Å². The fourth-order valence-electron chi connectivity index (χ4n) is 1.15. The van der Waals surface area contributed by atoms with E-state index in [1.807, 2.05) is 0 Å². The van der Waals surface area contributed by atoms with Gasteiger partial charge in [0.2, 0.25) is 0 Å². The predicted molar refractivity (Wildman–Crippen MR) is 30.9 cm³/mol. The van der Waals surface area contributed by atoms with Crippen molar-refractivity contribution in [2.75, 3.05) is 13.2 Å². The van der Waals surface area contributed by atoms with Crippen molar-refractivity contribution >= 4 is 0 Å². The minimum Gasteiger partial charge on any atom is -0.488 e. The van der Waals surface area contributed by atoms with E-state index in [1.54, 1.807) is 0 Å². The van der Waals surface area contributed by atoms with Crippen LogP contribution in [-0.2, 0) is 9.47 Å². The Morgan fingerprint density at radius 2 is 1.40 bits per heavy atom. The standard InChI is InChI=1S/C6H8O4/c7-3-1-9-6-4(8)2-10-5(3)6/h3-4,7-8H,1-2H2/t3-,4+. The average molecular weight is 144 g/mol. The van der Waals surface area contributed by atoms with Crippen molar-refractivity contribution in [1.82, 2.24) is 0 Å². The van der Waals surface area contributed by atoms with E-state index in [4.69, 9.17) is 19.7 Å². The maximum Gasteiger partial charge on any atom is 0.168 e. The lowest BCUT2D eigenvalue weighted by Crippen LogP contribution is -2.16. The first-order chi connectivity index (χ1) is 4.79. The summed E-state index contributed by atoms with van der Waals surface area (Å²) in [6.45, 7) is 0.420. The van der Waals surface area contributed by atoms with Gasteiger partial charge < -0.3 is 19.7 Å². The molecular weight excluding hydrogens is 136 g/mol. The Morgan fingerprint density at radius 1 is 1.00 bits per heavy atom. The molecule has 0 saturated carbocycles. The van der Waals surface area contributed by atoms with Crippen molar-refractivity contribution in [2.24, 2.45) is 0 Å². The first-order valence-corrected chi connectivity index (χ1v) is 3.15. The van der Waals surface area contributed by atoms with Crippen molar-refractivity contribution in [3.63, 3.8) is 0 Å². The summed E-state index contributed by atoms with van der Waals surface area (Å²) < 4.78 is 9.91. The van der Waals surface area contributed by atoms with Gasteiger partial charge in [-0.05, 0) is 0 Å². The fourth-order valence-corrected chi connectivity index (χ4v) is 1.15. The molecule has 0 radical (unpaired) electrons. The molecule has 10 heavy (non-hydrogen) atoms. The highest BCUT2D eigenvalue weighted by molar-refractivity contribution is 5.19. The van der Waals surface area contributed by atoms with E-state index in [2.05, 4.69) is 0 Å². The smallest absolute Gasteiger partial charge is 0.168 e. The third-order valence-corrected chi connectivity index (χ3v) is 1.64. The quantitative estimate of drug-likeness (QED) is 0.457. The normalized spacial score (nSPS) is 37.4. The second-order valence-corrected chi connectivity index (χ2v) is 2.38. The van der Waals surface area contributed by atoms with Crippen LogP contribution in [0.25, 0.3) is 0 Å². The molecular formula is C6H8O4. The minimum atomic E-state index is -0.674. The average Bonchev–Trinajstić information content (AvgIpc) is 2.41. The molecule has 56 valence electrons. The summed E-state index contributed by atoms with van der Waals surface area (Å²) in [4.78, 5) is 0. The van der Waals surface area contributed by atoms with Gasteiger partial charge in [-0.3, -0.25) is 0 Å². The zero-order chi connectivity index (χ0) is 7.14. The zero-order valence-electron chi connectivity index (χ0n) is 5.28. The molecule has 2 heterocycles. The van der Waals surface area contributed by atoms with E-state index in [9.17, 15) is 0 Å². The third kappa shape index (κ3) is 0.629. The topological polar surface area (TPSA) is 58.9 Å². The highest BCUT2D eigenvalue weighted by Gasteiger charge is 2.37. The van der Waals surface area contributed by atoms with Gasteiger partial charge in [-0.2, -0.15) is 0 Å². The summed E-state index contributed by atoms with van der Waals surface area (Å²) in [6.07, 6.45) is -1.35. The van der Waals surface area contributed by atoms with Crippen LogP contribution in [0, 0.1) is 0 Å². The molecule has 2 atom stereocenters. The molecule has 0 aromatic carbocycles. The van der Waals surface area contributed by atoms with Crippen LogP contribution in [0.5, 0.6) is 0 Å². The molecule has 0 unspecified atom stereocenters. The molecule has 0 aliphatic carbocycles. The number of hydrogen-bond acceptors (Lipinski definition) is 4. The first kappa shape index (κ1) is 6.00. The van der Waals surface area contributed by atoms with Crippen LogP contribution in [0.2, 0.25) is 0 Å². The Labute approximate surface area is 57.7 Å². The summed E-state index contributed by atoms with van der Waals surface area (Å²) >= 11 is 0. The van der Waals surface area contributed by atoms with Gasteiger partial charge in [-0.25, -0.2) is 0 Å². The van der Waals surface area contributed by atoms with E-state index < -0.39 is 12.2 Å². The number of hydrogen-bond donors (Lipinski definition) is 2. The molecule has 2 aliphatic rings. The summed E-state index contributed by atoms with van der Waals surface area (Å²) in [5, 5.41) is 18.2. The van der Waals surface area contributed by atoms with E-state index in [0.717, 1.165) is 0 Å². The van der Waals surface area contributed by atoms with Crippen LogP contribution < -0.4 is 0 Å². The molecule has 0 aromatic rings. The summed E-state index contributed by atoms with van der Waals surface area (Å²) in [6, 6.07) is 0. The molecule has 4 nitrogen and oxygen atoms in total. The van der Waals surface area contributed by atoms with Gasteiger partial charge in [-0.15, -0.1) is 0 Å². The predicted octanol–water partition coefficient (Wildman–Crippen LogP) is -1.02. The molecule has 2 rings (SSSR count). The van der Waals surface area contributed by atoms with Gasteiger partial charge in [0.15, 0.2) is 11.5 Å². The van der Waals surface area contributed by atoms with Crippen molar-refractivity contribution in [1.29, 1.82) is 0 Å². The van der Waals surface area contributed by atoms with Gasteiger partial charge in [-0.1, -0.05) is 0 Å². The Balaban J connectivity index is 2.26. The van der Waals surface area contributed by atoms with Crippen LogP contribution in [-0.4, -0.2) is 35.6 Å². The van der Waals surface area contributed by atoms with Crippen LogP contribution in [0.1, 0.15) is 0 Å². The Morgan fingerprint density at radius 3 is 1.80 bits per heavy atom. The first-order valence-electron chi connectivity index (χ1n) is 3.15. The second-order valence-electron chi connectivity index (χ2n) is 2.38. The SMILES string of the molecule is O[C@@H]1COC2=C1OC[C@@H]2O. The molecule has 0 saturated heterocycles. The third-order valence-electron chi connectivity index (χ3n) is 1.64. The van der Waals surface area contributed by atoms with Crippen molar-refractivity contribution in [2.45, 2.75) is 12.2 Å². The van der Waals surface area contributed by atoms with Gasteiger partial charge in [0.05, 0.1) is 0 Å². The number of aliphatic hydroxyl groups is 2. The summed E-state index contributed by atoms with van der Waals surface area (Å²) in [7, 11) is 0. The van der Waals surface area contributed by atoms with E-state index in [-0.39, 0.29) is 13.2 Å². The maximum atomic E-state index is 9.10. The molecule has 0 fully saturated rings. The molecule has 4 heteroatoms. The van der Waals surface area contributed by atoms with Crippen molar-refractivity contribution < 1.29 is 19.7 Å². The monoisotopic (exact) mass is 144 g/mol. The van der Waals surface area contributed by atoms with Crippen LogP contribution >= 0.6 is 0 Å². The minimum absolute atomic E-state index is 0.210. The summed E-state index contributed by atoms with van der Waals surface area (Å²) in [5.41, 5.74) is 0. The fraction of sp³-hybridized carbons (Fsp3) is 0.667.